The molecule has 1 saturated carbocycles. The van der Waals surface area contributed by atoms with E-state index in [2.05, 4.69) is 15.1 Å². The Morgan fingerprint density at radius 1 is 1.26 bits per heavy atom. The Labute approximate surface area is 202 Å². The first-order valence-corrected chi connectivity index (χ1v) is 12.3. The fourth-order valence-electron chi connectivity index (χ4n) is 4.02. The Morgan fingerprint density at radius 3 is 2.94 bits per heavy atom. The van der Waals surface area contributed by atoms with E-state index in [0.717, 1.165) is 24.1 Å². The molecule has 4 aromatic rings. The van der Waals surface area contributed by atoms with Crippen LogP contribution in [0.15, 0.2) is 34.2 Å². The molecule has 0 bridgehead atoms. The van der Waals surface area contributed by atoms with Gasteiger partial charge in [0.1, 0.15) is 5.69 Å². The highest BCUT2D eigenvalue weighted by atomic mass is 32.1. The molecule has 11 nitrogen and oxygen atoms in total. The highest BCUT2D eigenvalue weighted by Gasteiger charge is 2.22. The number of hydrogen-bond acceptors (Lipinski definition) is 8. The van der Waals surface area contributed by atoms with Crippen molar-refractivity contribution in [2.24, 2.45) is 4.99 Å². The molecule has 0 aromatic carbocycles. The average Bonchev–Trinajstić information content (AvgIpc) is 3.34. The summed E-state index contributed by atoms with van der Waals surface area (Å²) in [6.07, 6.45) is 6.13. The zero-order valence-electron chi connectivity index (χ0n) is 18.7. The maximum Gasteiger partial charge on any atom is 0.326 e. The Morgan fingerprint density at radius 2 is 2.14 bits per heavy atom. The number of H-pyrrole nitrogens is 2. The molecular formula is C23H23N7O4S. The van der Waals surface area contributed by atoms with E-state index < -0.39 is 5.69 Å². The van der Waals surface area contributed by atoms with E-state index in [4.69, 9.17) is 14.7 Å². The number of rotatable bonds is 4. The van der Waals surface area contributed by atoms with Gasteiger partial charge in [-0.1, -0.05) is 0 Å². The van der Waals surface area contributed by atoms with Crippen molar-refractivity contribution in [1.29, 1.82) is 0 Å². The number of aromatic amines is 2. The van der Waals surface area contributed by atoms with E-state index in [1.165, 1.54) is 11.3 Å². The summed E-state index contributed by atoms with van der Waals surface area (Å²) in [7, 11) is 0. The lowest BCUT2D eigenvalue weighted by Gasteiger charge is -2.18. The molecule has 0 radical (unpaired) electrons. The largest absolute Gasteiger partial charge is 0.493 e. The van der Waals surface area contributed by atoms with Crippen molar-refractivity contribution >= 4 is 29.0 Å². The van der Waals surface area contributed by atoms with E-state index in [1.807, 2.05) is 23.1 Å². The molecule has 1 aliphatic heterocycles. The molecule has 2 fully saturated rings. The highest BCUT2D eigenvalue weighted by molar-refractivity contribution is 7.17. The molecule has 4 aromatic heterocycles. The number of hydrogen-bond donors (Lipinski definition) is 3. The predicted molar refractivity (Wildman–Crippen MR) is 128 cm³/mol. The molecule has 1 saturated heterocycles. The van der Waals surface area contributed by atoms with Crippen LogP contribution in [0.5, 0.6) is 5.88 Å². The zero-order valence-corrected chi connectivity index (χ0v) is 19.5. The van der Waals surface area contributed by atoms with Gasteiger partial charge in [-0.05, 0) is 37.5 Å². The summed E-state index contributed by atoms with van der Waals surface area (Å²) in [6.45, 7) is 2.50. The Bertz CT molecular complexity index is 1590. The third-order valence-corrected chi connectivity index (χ3v) is 7.05. The van der Waals surface area contributed by atoms with Crippen LogP contribution in [-0.4, -0.2) is 72.8 Å². The Balaban J connectivity index is 1.43. The number of aromatic nitrogens is 5. The zero-order chi connectivity index (χ0) is 23.9. The Hall–Kier alpha value is -3.77. The SMILES string of the molecule is O=C(c1ccc(-c2cc(=NC3CC3)n3nc/c(=C\c4[nH]c(=O)[nH]c4O)c3n2)s1)N1CCCOCC1. The fraction of sp³-hybridized carbons (Fsp3) is 0.348. The van der Waals surface area contributed by atoms with Crippen molar-refractivity contribution in [2.45, 2.75) is 25.3 Å². The van der Waals surface area contributed by atoms with Crippen molar-refractivity contribution in [3.05, 3.63) is 56.2 Å². The molecule has 3 N–H and O–H groups in total. The molecule has 0 unspecified atom stereocenters. The summed E-state index contributed by atoms with van der Waals surface area (Å²) >= 11 is 1.40. The monoisotopic (exact) mass is 493 g/mol. The van der Waals surface area contributed by atoms with Crippen molar-refractivity contribution in [3.63, 3.8) is 0 Å². The van der Waals surface area contributed by atoms with Gasteiger partial charge in [0.05, 0.1) is 34.3 Å². The molecule has 12 heteroatoms. The van der Waals surface area contributed by atoms with Crippen LogP contribution in [0.2, 0.25) is 0 Å². The number of amides is 1. The molecule has 2 aliphatic rings. The maximum absolute atomic E-state index is 13.0. The van der Waals surface area contributed by atoms with E-state index in [1.54, 1.807) is 16.8 Å². The van der Waals surface area contributed by atoms with Gasteiger partial charge >= 0.3 is 5.69 Å². The van der Waals surface area contributed by atoms with Crippen LogP contribution in [0, 0.1) is 0 Å². The van der Waals surface area contributed by atoms with Gasteiger partial charge in [-0.25, -0.2) is 9.78 Å². The normalized spacial score (nSPS) is 17.9. The van der Waals surface area contributed by atoms with Crippen LogP contribution in [0.4, 0.5) is 0 Å². The number of imidazole rings is 1. The molecule has 35 heavy (non-hydrogen) atoms. The number of nitrogens with zero attached hydrogens (tertiary/aromatic N) is 5. The third kappa shape index (κ3) is 4.37. The van der Waals surface area contributed by atoms with E-state index >= 15 is 0 Å². The van der Waals surface area contributed by atoms with Crippen LogP contribution < -0.4 is 16.4 Å². The number of carbonyl (C=O) groups excluding carboxylic acids is 1. The smallest absolute Gasteiger partial charge is 0.326 e. The number of aromatic hydroxyl groups is 1. The van der Waals surface area contributed by atoms with E-state index in [9.17, 15) is 14.7 Å². The van der Waals surface area contributed by atoms with Crippen molar-refractivity contribution in [2.75, 3.05) is 26.3 Å². The third-order valence-electron chi connectivity index (χ3n) is 5.96. The van der Waals surface area contributed by atoms with Crippen LogP contribution in [0.3, 0.4) is 0 Å². The van der Waals surface area contributed by atoms with Crippen molar-refractivity contribution in [1.82, 2.24) is 29.5 Å². The first kappa shape index (κ1) is 21.7. The fourth-order valence-corrected chi connectivity index (χ4v) is 4.95. The molecule has 0 spiro atoms. The van der Waals surface area contributed by atoms with Gasteiger partial charge in [0.15, 0.2) is 11.1 Å². The second kappa shape index (κ2) is 8.78. The average molecular weight is 494 g/mol. The van der Waals surface area contributed by atoms with Gasteiger partial charge in [0.25, 0.3) is 5.91 Å². The van der Waals surface area contributed by atoms with Crippen LogP contribution >= 0.6 is 11.3 Å². The molecule has 1 amide bonds. The Kier molecular flexibility index (Phi) is 5.46. The lowest BCUT2D eigenvalue weighted by Crippen LogP contribution is -2.32. The number of carbonyl (C=O) groups is 1. The summed E-state index contributed by atoms with van der Waals surface area (Å²) < 4.78 is 7.13. The molecular weight excluding hydrogens is 470 g/mol. The molecule has 180 valence electrons. The predicted octanol–water partition coefficient (Wildman–Crippen LogP) is 0.653. The van der Waals surface area contributed by atoms with Crippen LogP contribution in [0.25, 0.3) is 22.3 Å². The minimum absolute atomic E-state index is 0.000909. The first-order valence-electron chi connectivity index (χ1n) is 11.5. The first-order chi connectivity index (χ1) is 17.0. The number of nitrogens with one attached hydrogen (secondary N) is 2. The lowest BCUT2D eigenvalue weighted by molar-refractivity contribution is 0.0746. The minimum atomic E-state index is -0.505. The van der Waals surface area contributed by atoms with Gasteiger partial charge in [-0.2, -0.15) is 9.61 Å². The van der Waals surface area contributed by atoms with Gasteiger partial charge in [0.2, 0.25) is 5.88 Å². The van der Waals surface area contributed by atoms with E-state index in [0.29, 0.717) is 53.2 Å². The summed E-state index contributed by atoms with van der Waals surface area (Å²) in [5.41, 5.74) is 1.62. The van der Waals surface area contributed by atoms with Gasteiger partial charge < -0.3 is 19.7 Å². The summed E-state index contributed by atoms with van der Waals surface area (Å²) in [4.78, 5) is 42.4. The summed E-state index contributed by atoms with van der Waals surface area (Å²) in [5.74, 6) is -0.255. The molecule has 1 aliphatic carbocycles. The van der Waals surface area contributed by atoms with Crippen LogP contribution in [0.1, 0.15) is 34.6 Å². The van der Waals surface area contributed by atoms with Crippen LogP contribution in [-0.2, 0) is 4.74 Å². The quantitative estimate of drug-likeness (QED) is 0.381. The standard InChI is InChI=1S/C23H23N7O4S/c31-21-16(27-23(33)28-21)10-13-12-24-30-19(25-14-2-3-14)11-15(26-20(13)30)17-4-5-18(35-17)22(32)29-6-1-8-34-9-7-29/h4-5,10-12,14,31H,1-3,6-9H2,(H2,27,28,33)/b13-10+,25-19?. The topological polar surface area (TPSA) is 141 Å². The van der Waals surface area contributed by atoms with Gasteiger partial charge in [0, 0.05) is 31.0 Å². The number of fused-ring (bicyclic) bond motifs is 1. The lowest BCUT2D eigenvalue weighted by atomic mass is 10.3. The second-order valence-corrected chi connectivity index (χ2v) is 9.69. The molecule has 0 atom stereocenters. The van der Waals surface area contributed by atoms with Crippen molar-refractivity contribution in [3.8, 4) is 16.5 Å². The minimum Gasteiger partial charge on any atom is -0.493 e. The number of thiophene rings is 1. The molecule has 5 heterocycles. The van der Waals surface area contributed by atoms with Crippen molar-refractivity contribution < 1.29 is 14.6 Å². The molecule has 6 rings (SSSR count). The van der Waals surface area contributed by atoms with Gasteiger partial charge in [-0.3, -0.25) is 14.8 Å². The van der Waals surface area contributed by atoms with E-state index in [-0.39, 0.29) is 23.5 Å². The summed E-state index contributed by atoms with van der Waals surface area (Å²) in [6, 6.07) is 5.89. The number of ether oxygens (including phenoxy) is 1. The van der Waals surface area contributed by atoms with Gasteiger partial charge in [-0.15, -0.1) is 11.3 Å². The highest BCUT2D eigenvalue weighted by Crippen LogP contribution is 2.28. The second-order valence-electron chi connectivity index (χ2n) is 8.60. The maximum atomic E-state index is 13.0. The summed E-state index contributed by atoms with van der Waals surface area (Å²) in [5, 5.41) is 15.0.